The van der Waals surface area contributed by atoms with E-state index in [1.807, 2.05) is 103 Å². The standard InChI is InChI=1S/C13H18FNO.C12H22N2O2.C7H15NO.C6H13NO/c1-9-5-10(7-11(14)6-9)8-12(16)15-13(2,3)4;1-9(15)14-7-5-10(6-8-14)11(16)13-12(2,3)4;1-5-6(9)8-7(2,3)4;1-5(8)7-6(2,3)4/h5-7H,8H2,1-4H3,(H,15,16);10H,5-8H2,1-4H3,(H,13,16);5H2,1-4H3,(H,8,9);1-4H3,(H,7,8). The Morgan fingerprint density at radius 3 is 1.43 bits per heavy atom. The Bertz CT molecular complexity index is 1190. The van der Waals surface area contributed by atoms with E-state index in [9.17, 15) is 28.4 Å². The number of piperidine rings is 1. The highest BCUT2D eigenvalue weighted by molar-refractivity contribution is 5.80. The Balaban J connectivity index is 0. The van der Waals surface area contributed by atoms with Crippen molar-refractivity contribution >= 4 is 29.5 Å². The van der Waals surface area contributed by atoms with E-state index in [1.165, 1.54) is 19.1 Å². The van der Waals surface area contributed by atoms with Crippen molar-refractivity contribution in [2.45, 2.75) is 159 Å². The third kappa shape index (κ3) is 29.2. The number of carbonyl (C=O) groups excluding carboxylic acids is 5. The van der Waals surface area contributed by atoms with E-state index in [1.54, 1.807) is 11.8 Å². The molecule has 10 nitrogen and oxygen atoms in total. The summed E-state index contributed by atoms with van der Waals surface area (Å²) in [6, 6.07) is 4.67. The van der Waals surface area contributed by atoms with Crippen molar-refractivity contribution in [2.24, 2.45) is 5.92 Å². The predicted molar refractivity (Wildman–Crippen MR) is 197 cm³/mol. The molecule has 1 aliphatic heterocycles. The van der Waals surface area contributed by atoms with Crippen LogP contribution in [-0.4, -0.2) is 69.7 Å². The van der Waals surface area contributed by atoms with E-state index in [0.717, 1.165) is 18.4 Å². The minimum Gasteiger partial charge on any atom is -0.352 e. The number of benzene rings is 1. The minimum absolute atomic E-state index is 0.0255. The van der Waals surface area contributed by atoms with E-state index in [0.29, 0.717) is 25.1 Å². The number of hydrogen-bond acceptors (Lipinski definition) is 5. The molecule has 0 atom stereocenters. The fourth-order valence-electron chi connectivity index (χ4n) is 4.52. The SMILES string of the molecule is CC(=O)N1CCC(C(=O)NC(C)(C)C)CC1.CC(=O)NC(C)(C)C.CCC(=O)NC(C)(C)C.Cc1cc(F)cc(CC(=O)NC(C)(C)C)c1. The second-order valence-corrected chi connectivity index (χ2v) is 16.7. The van der Waals surface area contributed by atoms with Crippen molar-refractivity contribution in [3.05, 3.63) is 35.1 Å². The lowest BCUT2D eigenvalue weighted by Crippen LogP contribution is -2.47. The van der Waals surface area contributed by atoms with Gasteiger partial charge in [-0.15, -0.1) is 0 Å². The molecule has 0 bridgehead atoms. The highest BCUT2D eigenvalue weighted by Crippen LogP contribution is 2.18. The van der Waals surface area contributed by atoms with E-state index in [4.69, 9.17) is 0 Å². The fourth-order valence-corrected chi connectivity index (χ4v) is 4.52. The molecule has 2 rings (SSSR count). The van der Waals surface area contributed by atoms with Gasteiger partial charge in [0.2, 0.25) is 29.5 Å². The normalized spacial score (nSPS) is 13.5. The number of amides is 5. The summed E-state index contributed by atoms with van der Waals surface area (Å²) in [6.07, 6.45) is 2.34. The third-order valence-corrected chi connectivity index (χ3v) is 6.18. The van der Waals surface area contributed by atoms with Crippen LogP contribution in [0.1, 0.15) is 134 Å². The van der Waals surface area contributed by atoms with Gasteiger partial charge in [0, 0.05) is 61.4 Å². The van der Waals surface area contributed by atoms with Gasteiger partial charge in [0.05, 0.1) is 6.42 Å². The van der Waals surface area contributed by atoms with Crippen molar-refractivity contribution < 1.29 is 28.4 Å². The number of aryl methyl sites for hydroxylation is 1. The molecule has 282 valence electrons. The summed E-state index contributed by atoms with van der Waals surface area (Å²) < 4.78 is 13.1. The van der Waals surface area contributed by atoms with Crippen molar-refractivity contribution in [1.82, 2.24) is 26.2 Å². The zero-order chi connectivity index (χ0) is 39.0. The Morgan fingerprint density at radius 1 is 0.694 bits per heavy atom. The molecule has 4 N–H and O–H groups in total. The van der Waals surface area contributed by atoms with E-state index in [2.05, 4.69) is 21.3 Å². The molecule has 1 fully saturated rings. The predicted octanol–water partition coefficient (Wildman–Crippen LogP) is 5.98. The quantitative estimate of drug-likeness (QED) is 0.308. The van der Waals surface area contributed by atoms with Gasteiger partial charge in [-0.25, -0.2) is 4.39 Å². The van der Waals surface area contributed by atoms with E-state index >= 15 is 0 Å². The Labute approximate surface area is 296 Å². The van der Waals surface area contributed by atoms with Crippen LogP contribution in [-0.2, 0) is 30.4 Å². The van der Waals surface area contributed by atoms with Gasteiger partial charge in [-0.2, -0.15) is 0 Å². The summed E-state index contributed by atoms with van der Waals surface area (Å²) in [7, 11) is 0. The number of likely N-dealkylation sites (tertiary alicyclic amines) is 1. The summed E-state index contributed by atoms with van der Waals surface area (Å²) in [6.45, 7) is 31.6. The van der Waals surface area contributed by atoms with Gasteiger partial charge >= 0.3 is 0 Å². The van der Waals surface area contributed by atoms with Gasteiger partial charge in [0.25, 0.3) is 0 Å². The van der Waals surface area contributed by atoms with E-state index in [-0.39, 0.29) is 69.8 Å². The topological polar surface area (TPSA) is 137 Å². The molecule has 1 aromatic carbocycles. The van der Waals surface area contributed by atoms with Crippen LogP contribution in [0.2, 0.25) is 0 Å². The van der Waals surface area contributed by atoms with Gasteiger partial charge in [-0.05, 0) is 126 Å². The molecule has 0 saturated carbocycles. The zero-order valence-corrected chi connectivity index (χ0v) is 33.4. The average Bonchev–Trinajstić information content (AvgIpc) is 2.84. The molecule has 0 unspecified atom stereocenters. The number of hydrogen-bond donors (Lipinski definition) is 4. The van der Waals surface area contributed by atoms with Crippen LogP contribution in [0, 0.1) is 18.7 Å². The van der Waals surface area contributed by atoms with Crippen molar-refractivity contribution in [3.8, 4) is 0 Å². The number of rotatable bonds is 4. The minimum atomic E-state index is -0.293. The van der Waals surface area contributed by atoms with Crippen molar-refractivity contribution in [2.75, 3.05) is 13.1 Å². The van der Waals surface area contributed by atoms with Crippen LogP contribution in [0.5, 0.6) is 0 Å². The molecule has 0 aliphatic carbocycles. The second-order valence-electron chi connectivity index (χ2n) is 16.7. The van der Waals surface area contributed by atoms with Crippen LogP contribution < -0.4 is 21.3 Å². The van der Waals surface area contributed by atoms with Crippen LogP contribution in [0.3, 0.4) is 0 Å². The molecule has 1 saturated heterocycles. The molecular weight excluding hydrogens is 625 g/mol. The monoisotopic (exact) mass is 694 g/mol. The third-order valence-electron chi connectivity index (χ3n) is 6.18. The molecule has 49 heavy (non-hydrogen) atoms. The molecule has 0 aromatic heterocycles. The van der Waals surface area contributed by atoms with Crippen molar-refractivity contribution in [3.63, 3.8) is 0 Å². The Morgan fingerprint density at radius 2 is 1.12 bits per heavy atom. The number of nitrogens with zero attached hydrogens (tertiary/aromatic N) is 1. The highest BCUT2D eigenvalue weighted by atomic mass is 19.1. The number of nitrogens with one attached hydrogen (secondary N) is 4. The molecular formula is C38H68FN5O5. The van der Waals surface area contributed by atoms with Crippen LogP contribution in [0.4, 0.5) is 4.39 Å². The maximum Gasteiger partial charge on any atom is 0.224 e. The lowest BCUT2D eigenvalue weighted by atomic mass is 9.94. The van der Waals surface area contributed by atoms with Gasteiger partial charge in [-0.3, -0.25) is 24.0 Å². The lowest BCUT2D eigenvalue weighted by molar-refractivity contribution is -0.134. The summed E-state index contributed by atoms with van der Waals surface area (Å²) in [5.41, 5.74) is 0.963. The number of carbonyl (C=O) groups is 5. The van der Waals surface area contributed by atoms with Crippen LogP contribution in [0.25, 0.3) is 0 Å². The zero-order valence-electron chi connectivity index (χ0n) is 33.4. The van der Waals surface area contributed by atoms with E-state index < -0.39 is 0 Å². The van der Waals surface area contributed by atoms with Crippen molar-refractivity contribution in [1.29, 1.82) is 0 Å². The first kappa shape index (κ1) is 47.6. The fraction of sp³-hybridized carbons (Fsp3) is 0.711. The first-order valence-corrected chi connectivity index (χ1v) is 17.2. The van der Waals surface area contributed by atoms with Gasteiger partial charge in [0.1, 0.15) is 5.82 Å². The van der Waals surface area contributed by atoms with Crippen LogP contribution in [0.15, 0.2) is 18.2 Å². The van der Waals surface area contributed by atoms with Gasteiger partial charge < -0.3 is 26.2 Å². The largest absolute Gasteiger partial charge is 0.352 e. The Kier molecular flexibility index (Phi) is 20.3. The molecule has 1 aliphatic rings. The molecule has 1 aromatic rings. The molecule has 5 amide bonds. The van der Waals surface area contributed by atoms with Crippen LogP contribution >= 0.6 is 0 Å². The summed E-state index contributed by atoms with van der Waals surface area (Å²) in [5, 5.41) is 11.4. The summed E-state index contributed by atoms with van der Waals surface area (Å²) in [5.74, 6) is 0.0521. The molecule has 11 heteroatoms. The smallest absolute Gasteiger partial charge is 0.224 e. The summed E-state index contributed by atoms with van der Waals surface area (Å²) >= 11 is 0. The molecule has 1 heterocycles. The molecule has 0 radical (unpaired) electrons. The van der Waals surface area contributed by atoms with Gasteiger partial charge in [0.15, 0.2) is 0 Å². The first-order chi connectivity index (χ1) is 21.9. The average molecular weight is 694 g/mol. The summed E-state index contributed by atoms with van der Waals surface area (Å²) in [4.78, 5) is 57.5. The van der Waals surface area contributed by atoms with Gasteiger partial charge in [-0.1, -0.05) is 13.0 Å². The number of halogens is 1. The lowest BCUT2D eigenvalue weighted by Gasteiger charge is -2.32. The second kappa shape index (κ2) is 20.9. The maximum absolute atomic E-state index is 13.1. The molecule has 0 spiro atoms. The highest BCUT2D eigenvalue weighted by Gasteiger charge is 2.28. The maximum atomic E-state index is 13.1. The Hall–Kier alpha value is -3.50. The first-order valence-electron chi connectivity index (χ1n) is 17.2.